The molecule has 0 amide bonds. The van der Waals surface area contributed by atoms with Crippen LogP contribution in [0.3, 0.4) is 0 Å². The third-order valence-corrected chi connectivity index (χ3v) is 4.81. The Morgan fingerprint density at radius 3 is 2.75 bits per heavy atom. The van der Waals surface area contributed by atoms with Crippen LogP contribution in [0.1, 0.15) is 31.2 Å². The van der Waals surface area contributed by atoms with Crippen molar-refractivity contribution in [2.45, 2.75) is 43.7 Å². The summed E-state index contributed by atoms with van der Waals surface area (Å²) >= 11 is 12.3. The van der Waals surface area contributed by atoms with Crippen LogP contribution in [0.4, 0.5) is 13.2 Å². The molecule has 0 aliphatic heterocycles. The van der Waals surface area contributed by atoms with Gasteiger partial charge in [-0.05, 0) is 43.2 Å². The molecule has 1 nitrogen and oxygen atoms in total. The quantitative estimate of drug-likeness (QED) is 0.691. The van der Waals surface area contributed by atoms with Crippen molar-refractivity contribution in [3.05, 3.63) is 29.0 Å². The number of hydrogen-bond acceptors (Lipinski definition) is 1. The number of nitrogens with zero attached hydrogens (tertiary/aromatic N) is 1. The van der Waals surface area contributed by atoms with E-state index in [0.717, 1.165) is 12.0 Å². The van der Waals surface area contributed by atoms with E-state index in [1.54, 1.807) is 12.3 Å². The molecule has 3 atom stereocenters. The predicted octanol–water partition coefficient (Wildman–Crippen LogP) is 5.25. The molecule has 0 saturated heterocycles. The third-order valence-electron chi connectivity index (χ3n) is 3.96. The molecule has 1 saturated carbocycles. The van der Waals surface area contributed by atoms with Gasteiger partial charge in [0, 0.05) is 17.8 Å². The molecule has 1 fully saturated rings. The fourth-order valence-corrected chi connectivity index (χ4v) is 3.39. The molecule has 1 aromatic heterocycles. The predicted molar refractivity (Wildman–Crippen MR) is 74.1 cm³/mol. The Bertz CT molecular complexity index is 450. The highest BCUT2D eigenvalue weighted by atomic mass is 35.5. The molecule has 20 heavy (non-hydrogen) atoms. The fraction of sp³-hybridized carbons (Fsp3) is 0.643. The molecule has 0 aromatic carbocycles. The summed E-state index contributed by atoms with van der Waals surface area (Å²) < 4.78 is 38.4. The van der Waals surface area contributed by atoms with Crippen LogP contribution in [0.2, 0.25) is 5.02 Å². The zero-order valence-corrected chi connectivity index (χ0v) is 12.3. The summed E-state index contributed by atoms with van der Waals surface area (Å²) in [5.41, 5.74) is 0.843. The van der Waals surface area contributed by atoms with E-state index in [2.05, 4.69) is 4.98 Å². The van der Waals surface area contributed by atoms with E-state index in [9.17, 15) is 13.2 Å². The third kappa shape index (κ3) is 4.01. The summed E-state index contributed by atoms with van der Waals surface area (Å²) in [6.45, 7) is 0. The lowest BCUT2D eigenvalue weighted by atomic mass is 9.78. The Kier molecular flexibility index (Phi) is 5.19. The van der Waals surface area contributed by atoms with Crippen molar-refractivity contribution in [1.82, 2.24) is 4.98 Å². The fourth-order valence-electron chi connectivity index (χ4n) is 2.80. The van der Waals surface area contributed by atoms with Gasteiger partial charge in [0.05, 0.1) is 10.9 Å². The highest BCUT2D eigenvalue weighted by molar-refractivity contribution is 6.31. The van der Waals surface area contributed by atoms with Crippen molar-refractivity contribution in [2.24, 2.45) is 11.8 Å². The summed E-state index contributed by atoms with van der Waals surface area (Å²) in [4.78, 5) is 3.89. The molecule has 0 bridgehead atoms. The highest BCUT2D eigenvalue weighted by Crippen LogP contribution is 2.42. The highest BCUT2D eigenvalue weighted by Gasteiger charge is 2.43. The Labute approximate surface area is 126 Å². The Morgan fingerprint density at radius 1 is 1.35 bits per heavy atom. The standard InChI is InChI=1S/C14H16Cl2F3N/c15-12(7-10-4-5-20-8-13(10)16)9-2-1-3-11(6-9)14(17,18)19/h4-5,8-9,11-12H,1-3,6-7H2. The molecule has 6 heteroatoms. The van der Waals surface area contributed by atoms with Gasteiger partial charge in [-0.3, -0.25) is 4.98 Å². The zero-order valence-electron chi connectivity index (χ0n) is 10.8. The minimum absolute atomic E-state index is 0.110. The van der Waals surface area contributed by atoms with Crippen molar-refractivity contribution < 1.29 is 13.2 Å². The topological polar surface area (TPSA) is 12.9 Å². The van der Waals surface area contributed by atoms with Gasteiger partial charge in [0.15, 0.2) is 0 Å². The molecule has 1 heterocycles. The van der Waals surface area contributed by atoms with Crippen molar-refractivity contribution in [2.75, 3.05) is 0 Å². The van der Waals surface area contributed by atoms with E-state index in [-0.39, 0.29) is 24.1 Å². The van der Waals surface area contributed by atoms with Crippen LogP contribution in [0.15, 0.2) is 18.5 Å². The van der Waals surface area contributed by atoms with Gasteiger partial charge in [0.2, 0.25) is 0 Å². The van der Waals surface area contributed by atoms with Gasteiger partial charge >= 0.3 is 6.18 Å². The lowest BCUT2D eigenvalue weighted by molar-refractivity contribution is -0.185. The molecule has 2 rings (SSSR count). The van der Waals surface area contributed by atoms with Crippen LogP contribution in [0.25, 0.3) is 0 Å². The molecule has 0 spiro atoms. The largest absolute Gasteiger partial charge is 0.391 e. The van der Waals surface area contributed by atoms with E-state index < -0.39 is 12.1 Å². The second-order valence-corrected chi connectivity index (χ2v) is 6.32. The first-order chi connectivity index (χ1) is 9.38. The molecule has 1 aliphatic carbocycles. The first-order valence-electron chi connectivity index (χ1n) is 6.67. The van der Waals surface area contributed by atoms with Crippen LogP contribution < -0.4 is 0 Å². The summed E-state index contributed by atoms with van der Waals surface area (Å²) in [6, 6.07) is 1.77. The van der Waals surface area contributed by atoms with Crippen LogP contribution in [0.5, 0.6) is 0 Å². The number of pyridine rings is 1. The molecule has 1 aliphatic rings. The number of alkyl halides is 4. The lowest BCUT2D eigenvalue weighted by Crippen LogP contribution is -2.32. The zero-order chi connectivity index (χ0) is 14.8. The van der Waals surface area contributed by atoms with E-state index in [0.29, 0.717) is 17.9 Å². The van der Waals surface area contributed by atoms with E-state index in [1.807, 2.05) is 0 Å². The summed E-state index contributed by atoms with van der Waals surface area (Å²) in [7, 11) is 0. The normalized spacial score (nSPS) is 25.4. The SMILES string of the molecule is FC(F)(F)C1CCCC(C(Cl)Cc2ccncc2Cl)C1. The molecular weight excluding hydrogens is 310 g/mol. The molecule has 0 N–H and O–H groups in total. The van der Waals surface area contributed by atoms with Crippen LogP contribution >= 0.6 is 23.2 Å². The first kappa shape index (κ1) is 15.9. The van der Waals surface area contributed by atoms with Gasteiger partial charge in [0.25, 0.3) is 0 Å². The molecule has 3 unspecified atom stereocenters. The molecule has 0 radical (unpaired) electrons. The van der Waals surface area contributed by atoms with Crippen LogP contribution in [-0.2, 0) is 6.42 Å². The van der Waals surface area contributed by atoms with Gasteiger partial charge in [0.1, 0.15) is 0 Å². The average molecular weight is 326 g/mol. The Morgan fingerprint density at radius 2 is 2.10 bits per heavy atom. The number of hydrogen-bond donors (Lipinski definition) is 0. The van der Waals surface area contributed by atoms with E-state index in [1.165, 1.54) is 6.20 Å². The maximum absolute atomic E-state index is 12.8. The first-order valence-corrected chi connectivity index (χ1v) is 7.48. The van der Waals surface area contributed by atoms with Crippen LogP contribution in [-0.4, -0.2) is 16.5 Å². The van der Waals surface area contributed by atoms with Gasteiger partial charge < -0.3 is 0 Å². The summed E-state index contributed by atoms with van der Waals surface area (Å²) in [5, 5.41) is 0.196. The van der Waals surface area contributed by atoms with Gasteiger partial charge in [-0.2, -0.15) is 13.2 Å². The van der Waals surface area contributed by atoms with Crippen molar-refractivity contribution in [3.63, 3.8) is 0 Å². The average Bonchev–Trinajstić information content (AvgIpc) is 2.40. The second kappa shape index (κ2) is 6.52. The van der Waals surface area contributed by atoms with E-state index in [4.69, 9.17) is 23.2 Å². The maximum atomic E-state index is 12.8. The lowest BCUT2D eigenvalue weighted by Gasteiger charge is -2.33. The molecule has 112 valence electrons. The summed E-state index contributed by atoms with van der Waals surface area (Å²) in [5.74, 6) is -1.32. The van der Waals surface area contributed by atoms with Crippen molar-refractivity contribution in [3.8, 4) is 0 Å². The van der Waals surface area contributed by atoms with Crippen molar-refractivity contribution in [1.29, 1.82) is 0 Å². The minimum Gasteiger partial charge on any atom is -0.263 e. The Hall–Kier alpha value is -0.480. The Balaban J connectivity index is 1.99. The van der Waals surface area contributed by atoms with Gasteiger partial charge in [-0.25, -0.2) is 0 Å². The smallest absolute Gasteiger partial charge is 0.263 e. The minimum atomic E-state index is -4.11. The second-order valence-electron chi connectivity index (χ2n) is 5.35. The number of rotatable bonds is 3. The monoisotopic (exact) mass is 325 g/mol. The van der Waals surface area contributed by atoms with E-state index >= 15 is 0 Å². The number of halogens is 5. The maximum Gasteiger partial charge on any atom is 0.391 e. The molecule has 1 aromatic rings. The molecular formula is C14H16Cl2F3N. The van der Waals surface area contributed by atoms with Crippen LogP contribution in [0, 0.1) is 11.8 Å². The van der Waals surface area contributed by atoms with Gasteiger partial charge in [-0.1, -0.05) is 18.0 Å². The van der Waals surface area contributed by atoms with Crippen molar-refractivity contribution >= 4 is 23.2 Å². The van der Waals surface area contributed by atoms with Gasteiger partial charge in [-0.15, -0.1) is 11.6 Å². The summed E-state index contributed by atoms with van der Waals surface area (Å²) in [6.07, 6.45) is 1.21. The number of aromatic nitrogens is 1.